The maximum absolute atomic E-state index is 2.51. The van der Waals surface area contributed by atoms with Gasteiger partial charge in [-0.2, -0.15) is 0 Å². The van der Waals surface area contributed by atoms with Gasteiger partial charge in [0.15, 0.2) is 0 Å². The van der Waals surface area contributed by atoms with Crippen molar-refractivity contribution >= 4 is 65.4 Å². The van der Waals surface area contributed by atoms with Gasteiger partial charge in [-0.3, -0.25) is 0 Å². The second-order valence-corrected chi connectivity index (χ2v) is 14.9. The fourth-order valence-corrected chi connectivity index (χ4v) is 9.46. The summed E-state index contributed by atoms with van der Waals surface area (Å²) in [5.74, 6) is 0. The van der Waals surface area contributed by atoms with Gasteiger partial charge < -0.3 is 13.7 Å². The molecule has 3 heterocycles. The van der Waals surface area contributed by atoms with E-state index in [0.717, 1.165) is 17.1 Å². The van der Waals surface area contributed by atoms with Crippen LogP contribution >= 0.6 is 0 Å². The SMILES string of the molecule is c1ccc(-c2cc3c(c4ccccc4n3-c3ccccc3-c3ccc4c(c3)c3ccccc3n4-c3ccccc3)c3c4ccccc4n(-c4ccccc4)c23)cc1. The van der Waals surface area contributed by atoms with E-state index in [2.05, 4.69) is 226 Å². The lowest BCUT2D eigenvalue weighted by molar-refractivity contribution is 1.17. The van der Waals surface area contributed by atoms with E-state index in [9.17, 15) is 0 Å². The normalized spacial score (nSPS) is 11.9. The zero-order valence-electron chi connectivity index (χ0n) is 31.0. The molecule has 0 atom stereocenters. The third-order valence-corrected chi connectivity index (χ3v) is 11.8. The molecule has 0 saturated carbocycles. The molecule has 3 aromatic heterocycles. The lowest BCUT2D eigenvalue weighted by Gasteiger charge is -2.16. The van der Waals surface area contributed by atoms with Crippen molar-refractivity contribution in [3.63, 3.8) is 0 Å². The fraction of sp³-hybridized carbons (Fsp3) is 0. The van der Waals surface area contributed by atoms with Crippen LogP contribution in [0.25, 0.3) is 105 Å². The Balaban J connectivity index is 1.19. The van der Waals surface area contributed by atoms with E-state index >= 15 is 0 Å². The maximum Gasteiger partial charge on any atom is 0.0627 e. The summed E-state index contributed by atoms with van der Waals surface area (Å²) >= 11 is 0. The summed E-state index contributed by atoms with van der Waals surface area (Å²) in [6, 6.07) is 77.4. The summed E-state index contributed by atoms with van der Waals surface area (Å²) < 4.78 is 7.36. The quantitative estimate of drug-likeness (QED) is 0.168. The highest BCUT2D eigenvalue weighted by molar-refractivity contribution is 6.31. The summed E-state index contributed by atoms with van der Waals surface area (Å²) in [6.45, 7) is 0. The van der Waals surface area contributed by atoms with Crippen LogP contribution in [0.2, 0.25) is 0 Å². The molecule has 0 unspecified atom stereocenters. The minimum Gasteiger partial charge on any atom is -0.309 e. The smallest absolute Gasteiger partial charge is 0.0627 e. The van der Waals surface area contributed by atoms with Crippen LogP contribution in [0.3, 0.4) is 0 Å². The van der Waals surface area contributed by atoms with E-state index in [4.69, 9.17) is 0 Å². The molecule has 3 heteroatoms. The Morgan fingerprint density at radius 2 is 0.772 bits per heavy atom. The van der Waals surface area contributed by atoms with E-state index < -0.39 is 0 Å². The van der Waals surface area contributed by atoms with Gasteiger partial charge in [-0.05, 0) is 77.9 Å². The summed E-state index contributed by atoms with van der Waals surface area (Å²) in [7, 11) is 0. The Morgan fingerprint density at radius 3 is 1.47 bits per heavy atom. The lowest BCUT2D eigenvalue weighted by Crippen LogP contribution is -1.99. The Bertz CT molecular complexity index is 3500. The highest BCUT2D eigenvalue weighted by atomic mass is 15.0. The fourth-order valence-electron chi connectivity index (χ4n) is 9.46. The van der Waals surface area contributed by atoms with E-state index in [-0.39, 0.29) is 0 Å². The molecule has 0 bridgehead atoms. The minimum absolute atomic E-state index is 1.15. The molecule has 12 aromatic rings. The number of nitrogens with zero attached hydrogens (tertiary/aromatic N) is 3. The zero-order valence-corrected chi connectivity index (χ0v) is 31.0. The van der Waals surface area contributed by atoms with Crippen molar-refractivity contribution in [3.8, 4) is 39.3 Å². The number of rotatable bonds is 5. The summed E-state index contributed by atoms with van der Waals surface area (Å²) in [6.07, 6.45) is 0. The first-order valence-corrected chi connectivity index (χ1v) is 19.6. The van der Waals surface area contributed by atoms with Gasteiger partial charge in [-0.15, -0.1) is 0 Å². The van der Waals surface area contributed by atoms with Gasteiger partial charge in [0.2, 0.25) is 0 Å². The largest absolute Gasteiger partial charge is 0.309 e. The van der Waals surface area contributed by atoms with Gasteiger partial charge in [0.1, 0.15) is 0 Å². The summed E-state index contributed by atoms with van der Waals surface area (Å²) in [5.41, 5.74) is 15.4. The number of aromatic nitrogens is 3. The van der Waals surface area contributed by atoms with Crippen LogP contribution in [0.15, 0.2) is 212 Å². The van der Waals surface area contributed by atoms with Gasteiger partial charge in [0.05, 0.1) is 38.8 Å². The van der Waals surface area contributed by atoms with Crippen molar-refractivity contribution in [1.82, 2.24) is 13.7 Å². The standard InChI is InChI=1S/C54H35N3/c1-4-18-36(19-5-1)44-35-51-52(53-43-27-13-16-30-48(43)56(54(44)53)39-22-8-3-9-23-39)42-26-12-17-31-49(42)57(51)46-28-14-10-24-40(46)37-32-33-50-45(34-37)41-25-11-15-29-47(41)55(50)38-20-6-2-7-21-38/h1-35H. The second-order valence-electron chi connectivity index (χ2n) is 14.9. The zero-order chi connectivity index (χ0) is 37.5. The van der Waals surface area contributed by atoms with Crippen LogP contribution in [0.4, 0.5) is 0 Å². The predicted octanol–water partition coefficient (Wildman–Crippen LogP) is 14.3. The number of fused-ring (bicyclic) bond motifs is 10. The minimum atomic E-state index is 1.15. The first-order chi connectivity index (χ1) is 28.3. The molecule has 0 fully saturated rings. The van der Waals surface area contributed by atoms with Crippen molar-refractivity contribution in [1.29, 1.82) is 0 Å². The van der Waals surface area contributed by atoms with E-state index in [1.807, 2.05) is 0 Å². The molecule has 0 aliphatic rings. The monoisotopic (exact) mass is 725 g/mol. The molecular weight excluding hydrogens is 691 g/mol. The maximum atomic E-state index is 2.51. The van der Waals surface area contributed by atoms with Crippen molar-refractivity contribution in [2.45, 2.75) is 0 Å². The molecule has 57 heavy (non-hydrogen) atoms. The van der Waals surface area contributed by atoms with Gasteiger partial charge >= 0.3 is 0 Å². The van der Waals surface area contributed by atoms with E-state index in [0.29, 0.717) is 0 Å². The third kappa shape index (κ3) is 4.66. The van der Waals surface area contributed by atoms with Crippen LogP contribution in [0.5, 0.6) is 0 Å². The Kier molecular flexibility index (Phi) is 6.93. The molecular formula is C54H35N3. The highest BCUT2D eigenvalue weighted by Gasteiger charge is 2.25. The number of hydrogen-bond acceptors (Lipinski definition) is 0. The van der Waals surface area contributed by atoms with Crippen molar-refractivity contribution < 1.29 is 0 Å². The molecule has 0 spiro atoms. The Labute approximate surface area is 329 Å². The predicted molar refractivity (Wildman–Crippen MR) is 240 cm³/mol. The molecule has 0 N–H and O–H groups in total. The molecule has 0 aliphatic carbocycles. The average Bonchev–Trinajstić information content (AvgIpc) is 3.92. The van der Waals surface area contributed by atoms with E-state index in [1.54, 1.807) is 0 Å². The lowest BCUT2D eigenvalue weighted by atomic mass is 9.97. The average molecular weight is 726 g/mol. The van der Waals surface area contributed by atoms with Crippen LogP contribution in [0, 0.1) is 0 Å². The van der Waals surface area contributed by atoms with Crippen LogP contribution in [0.1, 0.15) is 0 Å². The van der Waals surface area contributed by atoms with Crippen LogP contribution in [-0.4, -0.2) is 13.7 Å². The number of hydrogen-bond donors (Lipinski definition) is 0. The van der Waals surface area contributed by atoms with Crippen molar-refractivity contribution in [2.24, 2.45) is 0 Å². The van der Waals surface area contributed by atoms with E-state index in [1.165, 1.54) is 87.7 Å². The van der Waals surface area contributed by atoms with Gasteiger partial charge in [-0.1, -0.05) is 146 Å². The molecule has 266 valence electrons. The molecule has 3 nitrogen and oxygen atoms in total. The molecule has 0 amide bonds. The highest BCUT2D eigenvalue weighted by Crippen LogP contribution is 2.47. The van der Waals surface area contributed by atoms with Crippen molar-refractivity contribution in [3.05, 3.63) is 212 Å². The molecule has 9 aromatic carbocycles. The third-order valence-electron chi connectivity index (χ3n) is 11.8. The number of benzene rings is 9. The molecule has 0 radical (unpaired) electrons. The summed E-state index contributed by atoms with van der Waals surface area (Å²) in [5, 5.41) is 7.51. The van der Waals surface area contributed by atoms with Gasteiger partial charge in [-0.25, -0.2) is 0 Å². The van der Waals surface area contributed by atoms with Crippen LogP contribution < -0.4 is 0 Å². The molecule has 0 saturated heterocycles. The summed E-state index contributed by atoms with van der Waals surface area (Å²) in [4.78, 5) is 0. The van der Waals surface area contributed by atoms with Crippen molar-refractivity contribution in [2.75, 3.05) is 0 Å². The topological polar surface area (TPSA) is 14.8 Å². The number of para-hydroxylation sites is 6. The first-order valence-electron chi connectivity index (χ1n) is 19.6. The van der Waals surface area contributed by atoms with Gasteiger partial charge in [0.25, 0.3) is 0 Å². The Morgan fingerprint density at radius 1 is 0.263 bits per heavy atom. The first kappa shape index (κ1) is 31.7. The molecule has 12 rings (SSSR count). The van der Waals surface area contributed by atoms with Gasteiger partial charge in [0, 0.05) is 54.8 Å². The Hall–Kier alpha value is -7.62. The second kappa shape index (κ2) is 12.5. The van der Waals surface area contributed by atoms with Crippen LogP contribution in [-0.2, 0) is 0 Å². The molecule has 0 aliphatic heterocycles.